The summed E-state index contributed by atoms with van der Waals surface area (Å²) >= 11 is 2.91. The molecule has 2 aliphatic heterocycles. The summed E-state index contributed by atoms with van der Waals surface area (Å²) in [5.74, 6) is 1.36. The fraction of sp³-hybridized carbons (Fsp3) is 0.760. The molecule has 1 aromatic heterocycles. The van der Waals surface area contributed by atoms with Gasteiger partial charge in [-0.15, -0.1) is 11.8 Å². The van der Waals surface area contributed by atoms with Crippen molar-refractivity contribution in [1.82, 2.24) is 24.6 Å². The normalized spacial score (nSPS) is 24.0. The number of piperazine rings is 1. The molecule has 11 heteroatoms. The van der Waals surface area contributed by atoms with Crippen LogP contribution in [0.2, 0.25) is 0 Å². The molecule has 4 rings (SSSR count). The Labute approximate surface area is 222 Å². The minimum absolute atomic E-state index is 0.0877. The Morgan fingerprint density at radius 3 is 2.28 bits per heavy atom. The molecule has 4 amide bonds. The average molecular weight is 537 g/mol. The van der Waals surface area contributed by atoms with Gasteiger partial charge in [0.1, 0.15) is 0 Å². The summed E-state index contributed by atoms with van der Waals surface area (Å²) in [6.07, 6.45) is 7.70. The van der Waals surface area contributed by atoms with Crippen LogP contribution in [0.3, 0.4) is 0 Å². The minimum atomic E-state index is -0.0877. The van der Waals surface area contributed by atoms with Crippen LogP contribution >= 0.6 is 23.1 Å². The molecular weight excluding hydrogens is 496 g/mol. The monoisotopic (exact) mass is 536 g/mol. The quantitative estimate of drug-likeness (QED) is 0.561. The van der Waals surface area contributed by atoms with E-state index in [2.05, 4.69) is 34.1 Å². The van der Waals surface area contributed by atoms with Crippen LogP contribution in [0.5, 0.6) is 0 Å². The predicted octanol–water partition coefficient (Wildman–Crippen LogP) is 3.43. The molecule has 3 aliphatic rings. The van der Waals surface area contributed by atoms with Crippen LogP contribution in [0.1, 0.15) is 52.4 Å². The highest BCUT2D eigenvalue weighted by atomic mass is 32.2. The van der Waals surface area contributed by atoms with E-state index in [1.54, 1.807) is 13.1 Å². The fourth-order valence-electron chi connectivity index (χ4n) is 5.43. The zero-order valence-corrected chi connectivity index (χ0v) is 23.4. The van der Waals surface area contributed by atoms with E-state index >= 15 is 0 Å². The molecule has 2 saturated heterocycles. The number of likely N-dealkylation sites (tertiary alicyclic amines) is 1. The molecule has 0 unspecified atom stereocenters. The Kier molecular flexibility index (Phi) is 9.52. The molecule has 0 bridgehead atoms. The molecule has 1 aromatic rings. The molecule has 0 spiro atoms. The lowest BCUT2D eigenvalue weighted by atomic mass is 9.85. The number of nitrogens with zero attached hydrogens (tertiary/aromatic N) is 5. The number of thioether (sulfide) groups is 1. The first-order valence-electron chi connectivity index (χ1n) is 13.2. The molecule has 1 saturated carbocycles. The van der Waals surface area contributed by atoms with Crippen molar-refractivity contribution in [1.29, 1.82) is 0 Å². The number of anilines is 1. The standard InChI is InChI=1S/C25H40N6O3S2/c1-18-4-6-20(7-5-18)31(21-8-10-29(11-9-21)19(2)32)25(34)27-24-26-16-23(36-24)35-17-22(33)30-14-12-28(3)13-15-30/h16,18,20-21H,4-15,17H2,1-3H3,(H,26,27,34)/t18-,20-. The summed E-state index contributed by atoms with van der Waals surface area (Å²) in [5.41, 5.74) is 0. The number of thiazole rings is 1. The van der Waals surface area contributed by atoms with Gasteiger partial charge in [0.2, 0.25) is 11.8 Å². The summed E-state index contributed by atoms with van der Waals surface area (Å²) in [5, 5.41) is 3.63. The van der Waals surface area contributed by atoms with Gasteiger partial charge >= 0.3 is 6.03 Å². The molecule has 200 valence electrons. The van der Waals surface area contributed by atoms with Crippen LogP contribution in [0.25, 0.3) is 0 Å². The first kappa shape index (κ1) is 27.2. The number of hydrogen-bond acceptors (Lipinski definition) is 7. The molecule has 0 aromatic carbocycles. The van der Waals surface area contributed by atoms with Gasteiger partial charge < -0.3 is 19.6 Å². The largest absolute Gasteiger partial charge is 0.343 e. The SMILES string of the molecule is CC(=O)N1CCC(N(C(=O)Nc2ncc(SCC(=O)N3CCN(C)CC3)s2)[C@H]2CC[C@H](C)CC2)CC1. The Balaban J connectivity index is 1.34. The molecule has 9 nitrogen and oxygen atoms in total. The van der Waals surface area contributed by atoms with Crippen molar-refractivity contribution in [2.75, 3.05) is 57.4 Å². The van der Waals surface area contributed by atoms with E-state index < -0.39 is 0 Å². The third-order valence-electron chi connectivity index (χ3n) is 7.81. The van der Waals surface area contributed by atoms with Gasteiger partial charge in [0.05, 0.1) is 16.2 Å². The molecular formula is C25H40N6O3S2. The lowest BCUT2D eigenvalue weighted by molar-refractivity contribution is -0.131. The van der Waals surface area contributed by atoms with Crippen LogP contribution in [-0.2, 0) is 9.59 Å². The summed E-state index contributed by atoms with van der Waals surface area (Å²) in [7, 11) is 2.08. The van der Waals surface area contributed by atoms with Gasteiger partial charge in [0.25, 0.3) is 0 Å². The van der Waals surface area contributed by atoms with Gasteiger partial charge in [-0.25, -0.2) is 9.78 Å². The molecule has 1 N–H and O–H groups in total. The fourth-order valence-corrected chi connectivity index (χ4v) is 7.19. The first-order chi connectivity index (χ1) is 17.3. The zero-order chi connectivity index (χ0) is 25.7. The maximum atomic E-state index is 13.5. The lowest BCUT2D eigenvalue weighted by Crippen LogP contribution is -2.54. The van der Waals surface area contributed by atoms with Crippen LogP contribution in [0.15, 0.2) is 10.4 Å². The molecule has 3 fully saturated rings. The Hall–Kier alpha value is -1.85. The molecule has 0 atom stereocenters. The van der Waals surface area contributed by atoms with E-state index in [1.165, 1.54) is 23.1 Å². The summed E-state index contributed by atoms with van der Waals surface area (Å²) in [4.78, 5) is 50.4. The Morgan fingerprint density at radius 1 is 1.00 bits per heavy atom. The number of hydrogen-bond donors (Lipinski definition) is 1. The summed E-state index contributed by atoms with van der Waals surface area (Å²) in [6.45, 7) is 8.69. The molecule has 36 heavy (non-hydrogen) atoms. The summed E-state index contributed by atoms with van der Waals surface area (Å²) in [6, 6.07) is 0.273. The average Bonchev–Trinajstić information content (AvgIpc) is 3.32. The smallest absolute Gasteiger partial charge is 0.324 e. The van der Waals surface area contributed by atoms with Gasteiger partial charge in [-0.1, -0.05) is 18.3 Å². The summed E-state index contributed by atoms with van der Waals surface area (Å²) < 4.78 is 0.931. The van der Waals surface area contributed by atoms with Gasteiger partial charge in [-0.2, -0.15) is 0 Å². The Bertz CT molecular complexity index is 903. The third-order valence-corrected chi connectivity index (χ3v) is 9.90. The van der Waals surface area contributed by atoms with Gasteiger partial charge in [0, 0.05) is 58.3 Å². The number of carbonyl (C=O) groups is 3. The second kappa shape index (κ2) is 12.6. The van der Waals surface area contributed by atoms with E-state index in [4.69, 9.17) is 0 Å². The van der Waals surface area contributed by atoms with Crippen molar-refractivity contribution < 1.29 is 14.4 Å². The highest BCUT2D eigenvalue weighted by Crippen LogP contribution is 2.33. The first-order valence-corrected chi connectivity index (χ1v) is 15.0. The molecule has 1 aliphatic carbocycles. The number of likely N-dealkylation sites (N-methyl/N-ethyl adjacent to an activating group) is 1. The highest BCUT2D eigenvalue weighted by molar-refractivity contribution is 8.01. The predicted molar refractivity (Wildman–Crippen MR) is 144 cm³/mol. The third kappa shape index (κ3) is 7.13. The number of nitrogens with one attached hydrogen (secondary N) is 1. The lowest BCUT2D eigenvalue weighted by Gasteiger charge is -2.44. The topological polar surface area (TPSA) is 89.1 Å². The van der Waals surface area contributed by atoms with E-state index in [0.717, 1.165) is 68.9 Å². The van der Waals surface area contributed by atoms with Gasteiger partial charge in [-0.05, 0) is 51.5 Å². The van der Waals surface area contributed by atoms with Crippen LogP contribution in [-0.4, -0.2) is 107 Å². The number of carbonyl (C=O) groups excluding carboxylic acids is 3. The van der Waals surface area contributed by atoms with Gasteiger partial charge in [-0.3, -0.25) is 14.9 Å². The van der Waals surface area contributed by atoms with Crippen molar-refractivity contribution in [3.05, 3.63) is 6.20 Å². The van der Waals surface area contributed by atoms with Crippen molar-refractivity contribution in [2.24, 2.45) is 5.92 Å². The maximum Gasteiger partial charge on any atom is 0.324 e. The number of aromatic nitrogens is 1. The highest BCUT2D eigenvalue weighted by Gasteiger charge is 2.35. The van der Waals surface area contributed by atoms with Crippen molar-refractivity contribution in [2.45, 2.75) is 68.7 Å². The van der Waals surface area contributed by atoms with E-state index in [9.17, 15) is 14.4 Å². The van der Waals surface area contributed by atoms with Gasteiger partial charge in [0.15, 0.2) is 5.13 Å². The second-order valence-electron chi connectivity index (χ2n) is 10.4. The van der Waals surface area contributed by atoms with E-state index in [0.29, 0.717) is 29.9 Å². The number of amides is 4. The van der Waals surface area contributed by atoms with Crippen molar-refractivity contribution in [3.8, 4) is 0 Å². The number of rotatable bonds is 6. The van der Waals surface area contributed by atoms with Crippen LogP contribution in [0, 0.1) is 5.92 Å². The van der Waals surface area contributed by atoms with Crippen LogP contribution in [0.4, 0.5) is 9.93 Å². The number of urea groups is 1. The maximum absolute atomic E-state index is 13.5. The van der Waals surface area contributed by atoms with Crippen LogP contribution < -0.4 is 5.32 Å². The van der Waals surface area contributed by atoms with Crippen molar-refractivity contribution in [3.63, 3.8) is 0 Å². The van der Waals surface area contributed by atoms with Crippen molar-refractivity contribution >= 4 is 46.1 Å². The zero-order valence-electron chi connectivity index (χ0n) is 21.8. The number of piperidine rings is 1. The molecule has 0 radical (unpaired) electrons. The minimum Gasteiger partial charge on any atom is -0.343 e. The van der Waals surface area contributed by atoms with E-state index in [-0.39, 0.29) is 29.9 Å². The Morgan fingerprint density at radius 2 is 1.64 bits per heavy atom. The molecule has 3 heterocycles. The van der Waals surface area contributed by atoms with E-state index in [1.807, 2.05) is 9.80 Å². The second-order valence-corrected chi connectivity index (χ2v) is 12.8.